The van der Waals surface area contributed by atoms with Crippen LogP contribution in [0.4, 0.5) is 10.5 Å². The molecule has 1 aliphatic rings. The van der Waals surface area contributed by atoms with Gasteiger partial charge in [0.2, 0.25) is 0 Å². The molecule has 1 saturated heterocycles. The first-order chi connectivity index (χ1) is 12.7. The Bertz CT molecular complexity index is 713. The van der Waals surface area contributed by atoms with E-state index >= 15 is 0 Å². The van der Waals surface area contributed by atoms with Crippen LogP contribution in [0, 0.1) is 0 Å². The van der Waals surface area contributed by atoms with Gasteiger partial charge >= 0.3 is 6.09 Å². The van der Waals surface area contributed by atoms with Gasteiger partial charge in [0.1, 0.15) is 0 Å². The average molecular weight is 352 g/mol. The average Bonchev–Trinajstić information content (AvgIpc) is 2.69. The number of benzene rings is 2. The Hall–Kier alpha value is -2.82. The quantitative estimate of drug-likeness (QED) is 0.889. The molecule has 2 amide bonds. The third-order valence-electron chi connectivity index (χ3n) is 4.46. The van der Waals surface area contributed by atoms with E-state index in [1.54, 1.807) is 4.90 Å². The van der Waals surface area contributed by atoms with Crippen LogP contribution < -0.4 is 5.32 Å². The highest BCUT2D eigenvalue weighted by molar-refractivity contribution is 5.95. The zero-order valence-corrected chi connectivity index (χ0v) is 14.8. The number of ether oxygens (including phenoxy) is 1. The largest absolute Gasteiger partial charge is 0.436 e. The molecule has 136 valence electrons. The smallest absolute Gasteiger partial charge is 0.410 e. The topological polar surface area (TPSA) is 58.6 Å². The van der Waals surface area contributed by atoms with Crippen molar-refractivity contribution < 1.29 is 14.3 Å². The Kier molecular flexibility index (Phi) is 6.25. The minimum absolute atomic E-state index is 0.314. The van der Waals surface area contributed by atoms with E-state index in [9.17, 15) is 9.59 Å². The summed E-state index contributed by atoms with van der Waals surface area (Å²) in [4.78, 5) is 26.9. The number of likely N-dealkylation sites (tertiary alicyclic amines) is 1. The Labute approximate surface area is 154 Å². The van der Waals surface area contributed by atoms with Crippen LogP contribution in [0.15, 0.2) is 60.7 Å². The lowest BCUT2D eigenvalue weighted by molar-refractivity contribution is -0.124. The fraction of sp³-hybridized carbons (Fsp3) is 0.333. The molecule has 2 aromatic carbocycles. The summed E-state index contributed by atoms with van der Waals surface area (Å²) >= 11 is 0. The summed E-state index contributed by atoms with van der Waals surface area (Å²) < 4.78 is 5.60. The summed E-state index contributed by atoms with van der Waals surface area (Å²) in [5, 5.41) is 2.84. The predicted octanol–water partition coefficient (Wildman–Crippen LogP) is 3.86. The molecule has 0 aliphatic carbocycles. The predicted molar refractivity (Wildman–Crippen MR) is 101 cm³/mol. The molecule has 1 unspecified atom stereocenters. The van der Waals surface area contributed by atoms with E-state index in [0.29, 0.717) is 25.2 Å². The lowest BCUT2D eigenvalue weighted by atomic mass is 10.1. The van der Waals surface area contributed by atoms with E-state index in [1.165, 1.54) is 0 Å². The number of carbonyl (C=O) groups is 2. The molecule has 0 saturated carbocycles. The van der Waals surface area contributed by atoms with Crippen molar-refractivity contribution in [3.63, 3.8) is 0 Å². The molecule has 0 spiro atoms. The van der Waals surface area contributed by atoms with Gasteiger partial charge in [-0.05, 0) is 37.0 Å². The fourth-order valence-corrected chi connectivity index (χ4v) is 3.03. The van der Waals surface area contributed by atoms with Gasteiger partial charge in [-0.15, -0.1) is 0 Å². The van der Waals surface area contributed by atoms with E-state index in [1.807, 2.05) is 60.7 Å². The van der Waals surface area contributed by atoms with Crippen molar-refractivity contribution in [2.45, 2.75) is 31.8 Å². The van der Waals surface area contributed by atoms with Crippen molar-refractivity contribution in [2.24, 2.45) is 0 Å². The van der Waals surface area contributed by atoms with Gasteiger partial charge in [-0.2, -0.15) is 0 Å². The number of rotatable bonds is 5. The summed E-state index contributed by atoms with van der Waals surface area (Å²) in [6, 6.07) is 18.8. The molecule has 26 heavy (non-hydrogen) atoms. The Morgan fingerprint density at radius 1 is 0.923 bits per heavy atom. The number of piperidine rings is 1. The van der Waals surface area contributed by atoms with Crippen LogP contribution >= 0.6 is 0 Å². The molecular formula is C21H24N2O3. The molecule has 2 aromatic rings. The van der Waals surface area contributed by atoms with E-state index in [-0.39, 0.29) is 5.91 Å². The van der Waals surface area contributed by atoms with Crippen LogP contribution in [0.2, 0.25) is 0 Å². The van der Waals surface area contributed by atoms with Crippen molar-refractivity contribution in [3.8, 4) is 0 Å². The summed E-state index contributed by atoms with van der Waals surface area (Å²) in [5.41, 5.74) is 1.64. The SMILES string of the molecule is O=C(Nc1ccccc1)C(Cc1ccccc1)OC(=O)N1CCCCC1. The number of hydrogen-bond acceptors (Lipinski definition) is 3. The minimum Gasteiger partial charge on any atom is -0.436 e. The third kappa shape index (κ3) is 5.09. The first-order valence-electron chi connectivity index (χ1n) is 9.08. The van der Waals surface area contributed by atoms with Crippen molar-refractivity contribution in [1.82, 2.24) is 4.90 Å². The van der Waals surface area contributed by atoms with Crippen LogP contribution in [0.1, 0.15) is 24.8 Å². The van der Waals surface area contributed by atoms with Gasteiger partial charge in [-0.25, -0.2) is 4.79 Å². The molecule has 1 aliphatic heterocycles. The molecule has 0 bridgehead atoms. The van der Waals surface area contributed by atoms with Gasteiger partial charge in [0.25, 0.3) is 5.91 Å². The third-order valence-corrected chi connectivity index (χ3v) is 4.46. The molecule has 3 rings (SSSR count). The summed E-state index contributed by atoms with van der Waals surface area (Å²) in [7, 11) is 0. The number of nitrogens with one attached hydrogen (secondary N) is 1. The van der Waals surface area contributed by atoms with Gasteiger partial charge in [0, 0.05) is 25.2 Å². The van der Waals surface area contributed by atoms with Crippen LogP contribution in [0.25, 0.3) is 0 Å². The number of hydrogen-bond donors (Lipinski definition) is 1. The van der Waals surface area contributed by atoms with Crippen LogP contribution in [0.3, 0.4) is 0 Å². The lowest BCUT2D eigenvalue weighted by Crippen LogP contribution is -2.42. The minimum atomic E-state index is -0.868. The maximum absolute atomic E-state index is 12.7. The second-order valence-corrected chi connectivity index (χ2v) is 6.47. The zero-order chi connectivity index (χ0) is 18.2. The monoisotopic (exact) mass is 352 g/mol. The maximum Gasteiger partial charge on any atom is 0.410 e. The fourth-order valence-electron chi connectivity index (χ4n) is 3.03. The van der Waals surface area contributed by atoms with E-state index in [0.717, 1.165) is 24.8 Å². The standard InChI is InChI=1S/C21H24N2O3/c24-20(22-18-12-6-2-7-13-18)19(16-17-10-4-1-5-11-17)26-21(25)23-14-8-3-9-15-23/h1-2,4-7,10-13,19H,3,8-9,14-16H2,(H,22,24). The lowest BCUT2D eigenvalue weighted by Gasteiger charge is -2.28. The van der Waals surface area contributed by atoms with E-state index in [2.05, 4.69) is 5.32 Å². The van der Waals surface area contributed by atoms with E-state index in [4.69, 9.17) is 4.74 Å². The van der Waals surface area contributed by atoms with Crippen molar-refractivity contribution >= 4 is 17.7 Å². The number of nitrogens with zero attached hydrogens (tertiary/aromatic N) is 1. The number of amides is 2. The van der Waals surface area contributed by atoms with Gasteiger partial charge in [-0.1, -0.05) is 48.5 Å². The molecule has 0 aromatic heterocycles. The number of carbonyl (C=O) groups excluding carboxylic acids is 2. The zero-order valence-electron chi connectivity index (χ0n) is 14.8. The first kappa shape index (κ1) is 18.0. The van der Waals surface area contributed by atoms with Gasteiger partial charge < -0.3 is 15.0 Å². The number of para-hydroxylation sites is 1. The second kappa shape index (κ2) is 9.04. The maximum atomic E-state index is 12.7. The van der Waals surface area contributed by atoms with Crippen molar-refractivity contribution in [3.05, 3.63) is 66.2 Å². The first-order valence-corrected chi connectivity index (χ1v) is 9.08. The summed E-state index contributed by atoms with van der Waals surface area (Å²) in [6.45, 7) is 1.38. The molecular weight excluding hydrogens is 328 g/mol. The van der Waals surface area contributed by atoms with E-state index < -0.39 is 12.2 Å². The number of anilines is 1. The van der Waals surface area contributed by atoms with Crippen molar-refractivity contribution in [1.29, 1.82) is 0 Å². The van der Waals surface area contributed by atoms with Crippen molar-refractivity contribution in [2.75, 3.05) is 18.4 Å². The molecule has 1 atom stereocenters. The molecule has 5 nitrogen and oxygen atoms in total. The molecule has 1 N–H and O–H groups in total. The molecule has 1 fully saturated rings. The van der Waals surface area contributed by atoms with Crippen LogP contribution in [-0.4, -0.2) is 36.1 Å². The highest BCUT2D eigenvalue weighted by atomic mass is 16.6. The van der Waals surface area contributed by atoms with Crippen LogP contribution in [-0.2, 0) is 16.0 Å². The normalized spacial score (nSPS) is 15.2. The van der Waals surface area contributed by atoms with Crippen LogP contribution in [0.5, 0.6) is 0 Å². The highest BCUT2D eigenvalue weighted by Crippen LogP contribution is 2.15. The Morgan fingerprint density at radius 3 is 2.19 bits per heavy atom. The summed E-state index contributed by atoms with van der Waals surface area (Å²) in [5.74, 6) is -0.314. The Balaban J connectivity index is 1.70. The van der Waals surface area contributed by atoms with Gasteiger partial charge in [-0.3, -0.25) is 4.79 Å². The molecule has 0 radical (unpaired) electrons. The molecule has 1 heterocycles. The van der Waals surface area contributed by atoms with Gasteiger partial charge in [0.05, 0.1) is 0 Å². The Morgan fingerprint density at radius 2 is 1.54 bits per heavy atom. The molecule has 5 heteroatoms. The summed E-state index contributed by atoms with van der Waals surface area (Å²) in [6.07, 6.45) is 2.16. The van der Waals surface area contributed by atoms with Gasteiger partial charge in [0.15, 0.2) is 6.10 Å². The highest BCUT2D eigenvalue weighted by Gasteiger charge is 2.27. The second-order valence-electron chi connectivity index (χ2n) is 6.47.